The second-order valence-corrected chi connectivity index (χ2v) is 5.17. The summed E-state index contributed by atoms with van der Waals surface area (Å²) in [6.45, 7) is 1.71. The van der Waals surface area contributed by atoms with E-state index in [2.05, 4.69) is 9.88 Å². The highest BCUT2D eigenvalue weighted by atomic mass is 16.4. The number of carboxylic acids is 1. The third-order valence-corrected chi connectivity index (χ3v) is 3.79. The fourth-order valence-corrected chi connectivity index (χ4v) is 2.67. The van der Waals surface area contributed by atoms with Crippen LogP contribution in [0.2, 0.25) is 0 Å². The molecule has 0 saturated carbocycles. The standard InChI is InChI=1S/C15H17N3O2/c16-10-5-7-18(8-6-10)14-9-13(15(19)20)17-12-4-2-1-3-11(12)14/h1-4,9-10H,5-8,16H2,(H,19,20). The van der Waals surface area contributed by atoms with Gasteiger partial charge in [-0.15, -0.1) is 0 Å². The third-order valence-electron chi connectivity index (χ3n) is 3.79. The van der Waals surface area contributed by atoms with E-state index in [0.29, 0.717) is 0 Å². The highest BCUT2D eigenvalue weighted by Crippen LogP contribution is 2.28. The van der Waals surface area contributed by atoms with Crippen molar-refractivity contribution in [3.05, 3.63) is 36.0 Å². The van der Waals surface area contributed by atoms with Crippen molar-refractivity contribution < 1.29 is 9.90 Å². The molecule has 0 unspecified atom stereocenters. The minimum absolute atomic E-state index is 0.0913. The van der Waals surface area contributed by atoms with Crippen molar-refractivity contribution in [1.29, 1.82) is 0 Å². The highest BCUT2D eigenvalue weighted by molar-refractivity contribution is 5.97. The van der Waals surface area contributed by atoms with Gasteiger partial charge in [0, 0.05) is 30.2 Å². The van der Waals surface area contributed by atoms with Crippen LogP contribution in [0.5, 0.6) is 0 Å². The molecule has 2 aromatic rings. The van der Waals surface area contributed by atoms with Gasteiger partial charge in [-0.3, -0.25) is 0 Å². The molecule has 0 aliphatic carbocycles. The molecule has 20 heavy (non-hydrogen) atoms. The maximum absolute atomic E-state index is 11.2. The molecule has 104 valence electrons. The van der Waals surface area contributed by atoms with Crippen LogP contribution in [-0.2, 0) is 0 Å². The number of anilines is 1. The van der Waals surface area contributed by atoms with Gasteiger partial charge in [0.1, 0.15) is 0 Å². The molecule has 1 saturated heterocycles. The van der Waals surface area contributed by atoms with E-state index in [1.54, 1.807) is 6.07 Å². The van der Waals surface area contributed by atoms with E-state index >= 15 is 0 Å². The lowest BCUT2D eigenvalue weighted by Crippen LogP contribution is -2.39. The van der Waals surface area contributed by atoms with E-state index in [4.69, 9.17) is 5.73 Å². The SMILES string of the molecule is NC1CCN(c2cc(C(=O)O)nc3ccccc23)CC1. The average Bonchev–Trinajstić information content (AvgIpc) is 2.47. The zero-order valence-corrected chi connectivity index (χ0v) is 11.1. The van der Waals surface area contributed by atoms with Crippen LogP contribution in [0.4, 0.5) is 5.69 Å². The number of fused-ring (bicyclic) bond motifs is 1. The number of benzene rings is 1. The largest absolute Gasteiger partial charge is 0.477 e. The Kier molecular flexibility index (Phi) is 3.28. The lowest BCUT2D eigenvalue weighted by atomic mass is 10.0. The fourth-order valence-electron chi connectivity index (χ4n) is 2.67. The normalized spacial score (nSPS) is 16.6. The molecule has 1 aliphatic heterocycles. The Morgan fingerprint density at radius 3 is 2.70 bits per heavy atom. The van der Waals surface area contributed by atoms with Crippen LogP contribution < -0.4 is 10.6 Å². The molecule has 0 spiro atoms. The number of hydrogen-bond acceptors (Lipinski definition) is 4. The average molecular weight is 271 g/mol. The Balaban J connectivity index is 2.10. The van der Waals surface area contributed by atoms with Gasteiger partial charge in [-0.05, 0) is 25.0 Å². The number of carbonyl (C=O) groups is 1. The number of aromatic nitrogens is 1. The van der Waals surface area contributed by atoms with Crippen molar-refractivity contribution in [2.45, 2.75) is 18.9 Å². The first-order chi connectivity index (χ1) is 9.65. The number of nitrogens with zero attached hydrogens (tertiary/aromatic N) is 2. The number of piperidine rings is 1. The molecular weight excluding hydrogens is 254 g/mol. The second kappa shape index (κ2) is 5.09. The number of para-hydroxylation sites is 1. The summed E-state index contributed by atoms with van der Waals surface area (Å²) in [5.41, 5.74) is 7.69. The van der Waals surface area contributed by atoms with E-state index in [9.17, 15) is 9.90 Å². The molecule has 0 radical (unpaired) electrons. The molecule has 0 bridgehead atoms. The second-order valence-electron chi connectivity index (χ2n) is 5.17. The number of carboxylic acid groups (broad SMARTS) is 1. The van der Waals surface area contributed by atoms with Crippen LogP contribution in [0.25, 0.3) is 10.9 Å². The Morgan fingerprint density at radius 1 is 1.30 bits per heavy atom. The summed E-state index contributed by atoms with van der Waals surface area (Å²) >= 11 is 0. The minimum Gasteiger partial charge on any atom is -0.477 e. The highest BCUT2D eigenvalue weighted by Gasteiger charge is 2.20. The number of aromatic carboxylic acids is 1. The van der Waals surface area contributed by atoms with Crippen molar-refractivity contribution in [1.82, 2.24) is 4.98 Å². The van der Waals surface area contributed by atoms with Gasteiger partial charge in [0.2, 0.25) is 0 Å². The maximum Gasteiger partial charge on any atom is 0.354 e. The first-order valence-electron chi connectivity index (χ1n) is 6.79. The zero-order valence-electron chi connectivity index (χ0n) is 11.1. The Bertz CT molecular complexity index is 649. The van der Waals surface area contributed by atoms with Gasteiger partial charge in [0.15, 0.2) is 5.69 Å². The number of nitrogens with two attached hydrogens (primary N) is 1. The van der Waals surface area contributed by atoms with Gasteiger partial charge in [-0.25, -0.2) is 9.78 Å². The Morgan fingerprint density at radius 2 is 2.00 bits per heavy atom. The summed E-state index contributed by atoms with van der Waals surface area (Å²) in [7, 11) is 0. The number of rotatable bonds is 2. The van der Waals surface area contributed by atoms with Gasteiger partial charge >= 0.3 is 5.97 Å². The zero-order chi connectivity index (χ0) is 14.1. The van der Waals surface area contributed by atoms with Gasteiger partial charge in [-0.2, -0.15) is 0 Å². The van der Waals surface area contributed by atoms with E-state index < -0.39 is 5.97 Å². The van der Waals surface area contributed by atoms with Crippen molar-refractivity contribution in [3.63, 3.8) is 0 Å². The first-order valence-corrected chi connectivity index (χ1v) is 6.79. The van der Waals surface area contributed by atoms with Crippen molar-refractivity contribution >= 4 is 22.6 Å². The van der Waals surface area contributed by atoms with E-state index in [1.807, 2.05) is 24.3 Å². The van der Waals surface area contributed by atoms with E-state index in [0.717, 1.165) is 42.5 Å². The first kappa shape index (κ1) is 12.9. The molecule has 1 fully saturated rings. The predicted molar refractivity (Wildman–Crippen MR) is 78.1 cm³/mol. The van der Waals surface area contributed by atoms with Crippen LogP contribution in [0.3, 0.4) is 0 Å². The Labute approximate surface area is 117 Å². The molecule has 3 rings (SSSR count). The van der Waals surface area contributed by atoms with Crippen LogP contribution in [0, 0.1) is 0 Å². The topological polar surface area (TPSA) is 79.5 Å². The van der Waals surface area contributed by atoms with Crippen molar-refractivity contribution in [3.8, 4) is 0 Å². The third kappa shape index (κ3) is 2.32. The smallest absolute Gasteiger partial charge is 0.354 e. The molecule has 1 aliphatic rings. The summed E-state index contributed by atoms with van der Waals surface area (Å²) in [4.78, 5) is 17.6. The van der Waals surface area contributed by atoms with E-state index in [-0.39, 0.29) is 11.7 Å². The molecule has 5 nitrogen and oxygen atoms in total. The van der Waals surface area contributed by atoms with Crippen LogP contribution in [0.15, 0.2) is 30.3 Å². The number of hydrogen-bond donors (Lipinski definition) is 2. The van der Waals surface area contributed by atoms with Crippen LogP contribution in [-0.4, -0.2) is 35.2 Å². The Hall–Kier alpha value is -2.14. The van der Waals surface area contributed by atoms with Gasteiger partial charge < -0.3 is 15.7 Å². The summed E-state index contributed by atoms with van der Waals surface area (Å²) in [5.74, 6) is -0.995. The molecule has 2 heterocycles. The maximum atomic E-state index is 11.2. The predicted octanol–water partition coefficient (Wildman–Crippen LogP) is 1.86. The van der Waals surface area contributed by atoms with Gasteiger partial charge in [0.25, 0.3) is 0 Å². The molecule has 5 heteroatoms. The monoisotopic (exact) mass is 271 g/mol. The van der Waals surface area contributed by atoms with E-state index in [1.165, 1.54) is 0 Å². The summed E-state index contributed by atoms with van der Waals surface area (Å²) < 4.78 is 0. The minimum atomic E-state index is -0.995. The van der Waals surface area contributed by atoms with Gasteiger partial charge in [-0.1, -0.05) is 18.2 Å². The molecule has 1 aromatic heterocycles. The summed E-state index contributed by atoms with van der Waals surface area (Å²) in [6.07, 6.45) is 1.86. The quantitative estimate of drug-likeness (QED) is 0.871. The number of pyridine rings is 1. The molecule has 3 N–H and O–H groups in total. The fraction of sp³-hybridized carbons (Fsp3) is 0.333. The van der Waals surface area contributed by atoms with Gasteiger partial charge in [0.05, 0.1) is 5.52 Å². The molecular formula is C15H17N3O2. The molecule has 1 aromatic carbocycles. The van der Waals surface area contributed by atoms with Crippen LogP contribution >= 0.6 is 0 Å². The summed E-state index contributed by atoms with van der Waals surface area (Å²) in [5, 5.41) is 10.2. The molecule has 0 atom stereocenters. The van der Waals surface area contributed by atoms with Crippen molar-refractivity contribution in [2.75, 3.05) is 18.0 Å². The van der Waals surface area contributed by atoms with Crippen LogP contribution in [0.1, 0.15) is 23.3 Å². The summed E-state index contributed by atoms with van der Waals surface area (Å²) in [6, 6.07) is 9.57. The lowest BCUT2D eigenvalue weighted by molar-refractivity contribution is 0.0691. The molecule has 0 amide bonds. The lowest BCUT2D eigenvalue weighted by Gasteiger charge is -2.32. The van der Waals surface area contributed by atoms with Crippen molar-refractivity contribution in [2.24, 2.45) is 5.73 Å².